The summed E-state index contributed by atoms with van der Waals surface area (Å²) in [6.45, 7) is 6.43. The van der Waals surface area contributed by atoms with Crippen LogP contribution in [0.5, 0.6) is 0 Å². The smallest absolute Gasteiger partial charge is 0.370 e. The number of nitrogens with zero attached hydrogens (tertiary/aromatic N) is 1. The molecule has 1 saturated carbocycles. The van der Waals surface area contributed by atoms with Gasteiger partial charge in [0.1, 0.15) is 0 Å². The Kier molecular flexibility index (Phi) is 5.69. The molecule has 0 bridgehead atoms. The second kappa shape index (κ2) is 6.82. The highest BCUT2D eigenvalue weighted by Crippen LogP contribution is 2.39. The van der Waals surface area contributed by atoms with E-state index in [-0.39, 0.29) is 24.7 Å². The van der Waals surface area contributed by atoms with Gasteiger partial charge in [-0.3, -0.25) is 0 Å². The molecule has 0 heterocycles. The molecule has 0 aliphatic heterocycles. The fourth-order valence-electron chi connectivity index (χ4n) is 2.30. The molecule has 1 aliphatic rings. The zero-order chi connectivity index (χ0) is 14.5. The summed E-state index contributed by atoms with van der Waals surface area (Å²) in [7, 11) is 0. The molecule has 1 fully saturated rings. The van der Waals surface area contributed by atoms with Crippen LogP contribution in [0.1, 0.15) is 32.6 Å². The molecule has 0 spiro atoms. The molecule has 0 aromatic carbocycles. The molecule has 19 heavy (non-hydrogen) atoms. The van der Waals surface area contributed by atoms with Crippen LogP contribution in [-0.2, 0) is 0 Å². The first-order valence-electron chi connectivity index (χ1n) is 6.54. The molecule has 0 amide bonds. The molecule has 6 heteroatoms. The Bertz CT molecular complexity index is 337. The van der Waals surface area contributed by atoms with E-state index < -0.39 is 12.1 Å². The number of nitrogens with two attached hydrogens (primary N) is 1. The Labute approximate surface area is 112 Å². The van der Waals surface area contributed by atoms with Crippen molar-refractivity contribution in [3.05, 3.63) is 12.2 Å². The van der Waals surface area contributed by atoms with Gasteiger partial charge in [-0.1, -0.05) is 18.6 Å². The molecule has 3 nitrogen and oxygen atoms in total. The van der Waals surface area contributed by atoms with Gasteiger partial charge in [-0.25, -0.2) is 4.99 Å². The Morgan fingerprint density at radius 2 is 2.11 bits per heavy atom. The van der Waals surface area contributed by atoms with E-state index in [1.165, 1.54) is 0 Å². The third-order valence-electron chi connectivity index (χ3n) is 3.34. The number of aliphatic imine (C=N–C) groups is 1. The van der Waals surface area contributed by atoms with Crippen LogP contribution in [0.4, 0.5) is 13.2 Å². The average molecular weight is 277 g/mol. The van der Waals surface area contributed by atoms with Gasteiger partial charge in [0.2, 0.25) is 0 Å². The van der Waals surface area contributed by atoms with E-state index in [4.69, 9.17) is 5.73 Å². The molecule has 1 aliphatic carbocycles. The Balaban J connectivity index is 2.37. The van der Waals surface area contributed by atoms with Crippen LogP contribution in [0, 0.1) is 11.8 Å². The van der Waals surface area contributed by atoms with Crippen molar-refractivity contribution in [2.24, 2.45) is 22.6 Å². The second-order valence-corrected chi connectivity index (χ2v) is 5.31. The van der Waals surface area contributed by atoms with E-state index in [1.54, 1.807) is 0 Å². The van der Waals surface area contributed by atoms with E-state index in [9.17, 15) is 13.2 Å². The summed E-state index contributed by atoms with van der Waals surface area (Å²) < 4.78 is 37.9. The molecular formula is C13H22F3N3. The minimum atomic E-state index is -4.07. The quantitative estimate of drug-likeness (QED) is 0.471. The fraction of sp³-hybridized carbons (Fsp3) is 0.769. The number of halogens is 3. The average Bonchev–Trinajstić information content (AvgIpc) is 2.33. The summed E-state index contributed by atoms with van der Waals surface area (Å²) in [5.41, 5.74) is 6.52. The standard InChI is InChI=1S/C13H22F3N3/c1-9(2)7-18-12(17)19-8-10-4-3-5-11(6-10)13(14,15)16/h10-11H,1,3-8H2,2H3,(H3,17,18,19). The number of rotatable bonds is 4. The van der Waals surface area contributed by atoms with Gasteiger partial charge in [0.05, 0.1) is 12.5 Å². The van der Waals surface area contributed by atoms with Crippen LogP contribution in [0.25, 0.3) is 0 Å². The predicted octanol–water partition coefficient (Wildman–Crippen LogP) is 2.84. The zero-order valence-corrected chi connectivity index (χ0v) is 11.3. The summed E-state index contributed by atoms with van der Waals surface area (Å²) in [5, 5.41) is 2.90. The molecule has 110 valence electrons. The van der Waals surface area contributed by atoms with E-state index in [2.05, 4.69) is 16.9 Å². The summed E-state index contributed by atoms with van der Waals surface area (Å²) in [6, 6.07) is 0. The third kappa shape index (κ3) is 5.98. The van der Waals surface area contributed by atoms with Crippen LogP contribution in [0.2, 0.25) is 0 Å². The molecular weight excluding hydrogens is 255 g/mol. The van der Waals surface area contributed by atoms with Crippen LogP contribution >= 0.6 is 0 Å². The highest BCUT2D eigenvalue weighted by molar-refractivity contribution is 5.77. The number of hydrogen-bond donors (Lipinski definition) is 2. The zero-order valence-electron chi connectivity index (χ0n) is 11.3. The lowest BCUT2D eigenvalue weighted by Gasteiger charge is -2.30. The monoisotopic (exact) mass is 277 g/mol. The van der Waals surface area contributed by atoms with Gasteiger partial charge in [-0.15, -0.1) is 0 Å². The topological polar surface area (TPSA) is 50.4 Å². The van der Waals surface area contributed by atoms with Crippen molar-refractivity contribution in [2.75, 3.05) is 13.1 Å². The molecule has 0 saturated heterocycles. The normalized spacial score (nSPS) is 25.2. The highest BCUT2D eigenvalue weighted by Gasteiger charge is 2.41. The SMILES string of the molecule is C=C(C)CN=C(N)NCC1CCCC(C(F)(F)F)C1. The van der Waals surface area contributed by atoms with Crippen molar-refractivity contribution in [3.8, 4) is 0 Å². The van der Waals surface area contributed by atoms with Gasteiger partial charge < -0.3 is 11.1 Å². The first-order valence-corrected chi connectivity index (χ1v) is 6.54. The van der Waals surface area contributed by atoms with E-state index in [1.807, 2.05) is 6.92 Å². The minimum Gasteiger partial charge on any atom is -0.370 e. The molecule has 0 aromatic rings. The van der Waals surface area contributed by atoms with Gasteiger partial charge >= 0.3 is 6.18 Å². The van der Waals surface area contributed by atoms with Gasteiger partial charge in [-0.2, -0.15) is 13.2 Å². The largest absolute Gasteiger partial charge is 0.391 e. The highest BCUT2D eigenvalue weighted by atomic mass is 19.4. The van der Waals surface area contributed by atoms with E-state index in [0.717, 1.165) is 12.0 Å². The maximum atomic E-state index is 12.6. The third-order valence-corrected chi connectivity index (χ3v) is 3.34. The number of alkyl halides is 3. The lowest BCUT2D eigenvalue weighted by Crippen LogP contribution is -2.38. The molecule has 0 aromatic heterocycles. The fourth-order valence-corrected chi connectivity index (χ4v) is 2.30. The summed E-state index contributed by atoms with van der Waals surface area (Å²) >= 11 is 0. The van der Waals surface area contributed by atoms with E-state index >= 15 is 0 Å². The summed E-state index contributed by atoms with van der Waals surface area (Å²) in [6.07, 6.45) is -2.20. The number of guanidine groups is 1. The van der Waals surface area contributed by atoms with Crippen molar-refractivity contribution >= 4 is 5.96 Å². The van der Waals surface area contributed by atoms with Crippen molar-refractivity contribution < 1.29 is 13.2 Å². The number of nitrogens with one attached hydrogen (secondary N) is 1. The van der Waals surface area contributed by atoms with Gasteiger partial charge in [0.25, 0.3) is 0 Å². The van der Waals surface area contributed by atoms with Crippen LogP contribution in [-0.4, -0.2) is 25.2 Å². The van der Waals surface area contributed by atoms with Crippen molar-refractivity contribution in [2.45, 2.75) is 38.8 Å². The molecule has 2 atom stereocenters. The summed E-state index contributed by atoms with van der Waals surface area (Å²) in [5.74, 6) is -0.877. The minimum absolute atomic E-state index is 0.0129. The predicted molar refractivity (Wildman–Crippen MR) is 70.8 cm³/mol. The van der Waals surface area contributed by atoms with Gasteiger partial charge in [0, 0.05) is 6.54 Å². The first-order chi connectivity index (χ1) is 8.79. The number of hydrogen-bond acceptors (Lipinski definition) is 1. The Morgan fingerprint density at radius 3 is 2.68 bits per heavy atom. The maximum absolute atomic E-state index is 12.6. The Morgan fingerprint density at radius 1 is 1.42 bits per heavy atom. The van der Waals surface area contributed by atoms with Crippen LogP contribution in [0.3, 0.4) is 0 Å². The lowest BCUT2D eigenvalue weighted by molar-refractivity contribution is -0.185. The van der Waals surface area contributed by atoms with Crippen LogP contribution in [0.15, 0.2) is 17.1 Å². The van der Waals surface area contributed by atoms with Crippen LogP contribution < -0.4 is 11.1 Å². The van der Waals surface area contributed by atoms with Gasteiger partial charge in [0.15, 0.2) is 5.96 Å². The maximum Gasteiger partial charge on any atom is 0.391 e. The molecule has 3 N–H and O–H groups in total. The van der Waals surface area contributed by atoms with E-state index in [0.29, 0.717) is 19.5 Å². The van der Waals surface area contributed by atoms with Crippen molar-refractivity contribution in [1.82, 2.24) is 5.32 Å². The Hall–Kier alpha value is -1.20. The molecule has 2 unspecified atom stereocenters. The molecule has 1 rings (SSSR count). The molecule has 0 radical (unpaired) electrons. The first kappa shape index (κ1) is 15.9. The lowest BCUT2D eigenvalue weighted by atomic mass is 9.81. The van der Waals surface area contributed by atoms with Crippen molar-refractivity contribution in [1.29, 1.82) is 0 Å². The summed E-state index contributed by atoms with van der Waals surface area (Å²) in [4.78, 5) is 4.04. The van der Waals surface area contributed by atoms with Crippen molar-refractivity contribution in [3.63, 3.8) is 0 Å². The van der Waals surface area contributed by atoms with Gasteiger partial charge in [-0.05, 0) is 32.1 Å². The second-order valence-electron chi connectivity index (χ2n) is 5.31.